The molecule has 0 aromatic rings. The summed E-state index contributed by atoms with van der Waals surface area (Å²) in [5.74, 6) is 8.11. The van der Waals surface area contributed by atoms with Gasteiger partial charge < -0.3 is 0 Å². The highest BCUT2D eigenvalue weighted by Gasteiger charge is 2.41. The van der Waals surface area contributed by atoms with Gasteiger partial charge in [-0.1, -0.05) is 56.4 Å². The van der Waals surface area contributed by atoms with Crippen molar-refractivity contribution in [1.29, 1.82) is 0 Å². The van der Waals surface area contributed by atoms with Crippen molar-refractivity contribution in [2.45, 2.75) is 64.2 Å². The lowest BCUT2D eigenvalue weighted by molar-refractivity contribution is 0.183. The molecule has 0 radical (unpaired) electrons. The fourth-order valence-corrected chi connectivity index (χ4v) is 4.47. The summed E-state index contributed by atoms with van der Waals surface area (Å²) >= 11 is 6.77. The first-order chi connectivity index (χ1) is 9.68. The zero-order valence-electron chi connectivity index (χ0n) is 12.9. The Balaban J connectivity index is 2.31. The zero-order chi connectivity index (χ0) is 14.4. The van der Waals surface area contributed by atoms with E-state index in [1.54, 1.807) is 0 Å². The molecule has 1 fully saturated rings. The van der Waals surface area contributed by atoms with E-state index in [-0.39, 0.29) is 10.8 Å². The lowest BCUT2D eigenvalue weighted by atomic mass is 9.65. The minimum atomic E-state index is 0.132. The Hall–Kier alpha value is -0.670. The van der Waals surface area contributed by atoms with Crippen LogP contribution < -0.4 is 0 Å². The number of hydrogen-bond acceptors (Lipinski definition) is 0. The van der Waals surface area contributed by atoms with Crippen LogP contribution in [0.4, 0.5) is 0 Å². The van der Waals surface area contributed by atoms with Crippen molar-refractivity contribution in [2.75, 3.05) is 0 Å². The molecule has 20 heavy (non-hydrogen) atoms. The average Bonchev–Trinajstić information content (AvgIpc) is 2.57. The van der Waals surface area contributed by atoms with Gasteiger partial charge in [0, 0.05) is 10.8 Å². The first-order valence-electron chi connectivity index (χ1n) is 8.07. The van der Waals surface area contributed by atoms with Gasteiger partial charge >= 0.3 is 0 Å². The minimum absolute atomic E-state index is 0.132. The summed E-state index contributed by atoms with van der Waals surface area (Å²) in [6.45, 7) is 4.37. The molecule has 0 heterocycles. The van der Waals surface area contributed by atoms with Crippen molar-refractivity contribution in [1.82, 2.24) is 0 Å². The summed E-state index contributed by atoms with van der Waals surface area (Å²) in [7, 11) is 0. The first kappa shape index (κ1) is 15.7. The first-order valence-corrected chi connectivity index (χ1v) is 8.51. The third kappa shape index (κ3) is 3.70. The highest BCUT2D eigenvalue weighted by atomic mass is 35.5. The lowest BCUT2D eigenvalue weighted by Gasteiger charge is -2.40. The second-order valence-electron chi connectivity index (χ2n) is 6.54. The van der Waals surface area contributed by atoms with Gasteiger partial charge in [0.15, 0.2) is 0 Å². The van der Waals surface area contributed by atoms with E-state index in [0.717, 1.165) is 18.8 Å². The molecule has 0 bridgehead atoms. The van der Waals surface area contributed by atoms with Gasteiger partial charge in [-0.05, 0) is 44.4 Å². The monoisotopic (exact) mass is 290 g/mol. The van der Waals surface area contributed by atoms with Crippen molar-refractivity contribution >= 4 is 11.6 Å². The third-order valence-electron chi connectivity index (χ3n) is 4.94. The molecule has 0 saturated heterocycles. The van der Waals surface area contributed by atoms with E-state index in [2.05, 4.69) is 43.1 Å². The Kier molecular flexibility index (Phi) is 5.79. The second kappa shape index (κ2) is 7.37. The van der Waals surface area contributed by atoms with Crippen LogP contribution in [0.5, 0.6) is 0 Å². The maximum atomic E-state index is 6.77. The predicted octanol–water partition coefficient (Wildman–Crippen LogP) is 5.73. The van der Waals surface area contributed by atoms with Gasteiger partial charge in [-0.15, -0.1) is 17.5 Å². The largest absolute Gasteiger partial charge is 0.122 e. The van der Waals surface area contributed by atoms with Crippen LogP contribution in [0, 0.1) is 29.1 Å². The van der Waals surface area contributed by atoms with E-state index in [1.165, 1.54) is 32.1 Å². The molecule has 4 atom stereocenters. The van der Waals surface area contributed by atoms with Crippen LogP contribution >= 0.6 is 11.6 Å². The van der Waals surface area contributed by atoms with Crippen molar-refractivity contribution in [3.63, 3.8) is 0 Å². The molecule has 1 saturated carbocycles. The lowest BCUT2D eigenvalue weighted by Crippen LogP contribution is -2.36. The highest BCUT2D eigenvalue weighted by Crippen LogP contribution is 2.48. The molecule has 0 N–H and O–H groups in total. The van der Waals surface area contributed by atoms with Crippen LogP contribution in [0.1, 0.15) is 58.8 Å². The summed E-state index contributed by atoms with van der Waals surface area (Å²) in [6.07, 6.45) is 17.3. The van der Waals surface area contributed by atoms with E-state index in [4.69, 9.17) is 11.6 Å². The fraction of sp³-hybridized carbons (Fsp3) is 0.684. The number of halogens is 1. The topological polar surface area (TPSA) is 0 Å². The van der Waals surface area contributed by atoms with Gasteiger partial charge in [-0.3, -0.25) is 0 Å². The molecule has 2 rings (SSSR count). The Morgan fingerprint density at radius 1 is 1.15 bits per heavy atom. The number of allylic oxidation sites excluding steroid dienone is 4. The molecule has 0 aromatic carbocycles. The van der Waals surface area contributed by atoms with E-state index in [0.29, 0.717) is 5.92 Å². The SMILES string of the molecule is CC#C[C@@]1(C2C/C=C\C=C/CC2Cl)CCCCC(C)C1. The molecule has 0 spiro atoms. The van der Waals surface area contributed by atoms with Crippen molar-refractivity contribution in [3.05, 3.63) is 24.3 Å². The Bertz CT molecular complexity index is 423. The van der Waals surface area contributed by atoms with Crippen LogP contribution in [0.25, 0.3) is 0 Å². The van der Waals surface area contributed by atoms with Gasteiger partial charge in [0.25, 0.3) is 0 Å². The maximum Gasteiger partial charge on any atom is 0.0416 e. The van der Waals surface area contributed by atoms with Crippen LogP contribution in [-0.4, -0.2) is 5.38 Å². The van der Waals surface area contributed by atoms with Gasteiger partial charge in [0.1, 0.15) is 0 Å². The van der Waals surface area contributed by atoms with E-state index in [1.807, 2.05) is 6.92 Å². The summed E-state index contributed by atoms with van der Waals surface area (Å²) in [5, 5.41) is 0.211. The molecular formula is C19H27Cl. The molecule has 110 valence electrons. The zero-order valence-corrected chi connectivity index (χ0v) is 13.6. The second-order valence-corrected chi connectivity index (χ2v) is 7.10. The van der Waals surface area contributed by atoms with Gasteiger partial charge in [-0.2, -0.15) is 0 Å². The van der Waals surface area contributed by atoms with Crippen LogP contribution in [-0.2, 0) is 0 Å². The van der Waals surface area contributed by atoms with Gasteiger partial charge in [0.05, 0.1) is 0 Å². The number of hydrogen-bond donors (Lipinski definition) is 0. The average molecular weight is 291 g/mol. The molecule has 0 nitrogen and oxygen atoms in total. The normalized spacial score (nSPS) is 41.5. The Labute approximate surface area is 129 Å². The van der Waals surface area contributed by atoms with Crippen LogP contribution in [0.2, 0.25) is 0 Å². The summed E-state index contributed by atoms with van der Waals surface area (Å²) in [5.41, 5.74) is 0.132. The predicted molar refractivity (Wildman–Crippen MR) is 88.8 cm³/mol. The smallest absolute Gasteiger partial charge is 0.0416 e. The number of alkyl halides is 1. The molecule has 0 aliphatic heterocycles. The van der Waals surface area contributed by atoms with E-state index < -0.39 is 0 Å². The highest BCUT2D eigenvalue weighted by molar-refractivity contribution is 6.21. The minimum Gasteiger partial charge on any atom is -0.122 e. The quantitative estimate of drug-likeness (QED) is 0.329. The molecule has 0 amide bonds. The Morgan fingerprint density at radius 2 is 1.90 bits per heavy atom. The summed E-state index contributed by atoms with van der Waals surface area (Å²) in [4.78, 5) is 0. The molecular weight excluding hydrogens is 264 g/mol. The number of rotatable bonds is 1. The maximum absolute atomic E-state index is 6.77. The van der Waals surface area contributed by atoms with Crippen LogP contribution in [0.3, 0.4) is 0 Å². The summed E-state index contributed by atoms with van der Waals surface area (Å²) < 4.78 is 0. The van der Waals surface area contributed by atoms with E-state index in [9.17, 15) is 0 Å². The van der Waals surface area contributed by atoms with Crippen LogP contribution in [0.15, 0.2) is 24.3 Å². The molecule has 3 unspecified atom stereocenters. The van der Waals surface area contributed by atoms with Gasteiger partial charge in [-0.25, -0.2) is 0 Å². The van der Waals surface area contributed by atoms with Crippen molar-refractivity contribution in [3.8, 4) is 11.8 Å². The fourth-order valence-electron chi connectivity index (χ4n) is 4.03. The summed E-state index contributed by atoms with van der Waals surface area (Å²) in [6, 6.07) is 0. The van der Waals surface area contributed by atoms with Crippen molar-refractivity contribution in [2.24, 2.45) is 17.3 Å². The molecule has 2 aliphatic rings. The molecule has 1 heteroatoms. The molecule has 2 aliphatic carbocycles. The van der Waals surface area contributed by atoms with Gasteiger partial charge in [0.2, 0.25) is 0 Å². The standard InChI is InChI=1S/C19H27Cl/c1-3-13-19(14-9-8-10-16(2)15-19)17-11-6-4-5-7-12-18(17)20/h4-7,16-18H,8-12,14-15H2,1-2H3/b6-4-,7-5-/t16?,17?,18?,19-/m1/s1. The van der Waals surface area contributed by atoms with Crippen molar-refractivity contribution < 1.29 is 0 Å². The Morgan fingerprint density at radius 3 is 2.65 bits per heavy atom. The molecule has 0 aromatic heterocycles. The third-order valence-corrected chi connectivity index (χ3v) is 5.42. The van der Waals surface area contributed by atoms with E-state index >= 15 is 0 Å².